The maximum Gasteiger partial charge on any atom is 0.336 e. The quantitative estimate of drug-likeness (QED) is 0.552. The molecule has 0 bridgehead atoms. The minimum Gasteiger partial charge on any atom is -0.496 e. The van der Waals surface area contributed by atoms with Gasteiger partial charge in [0.15, 0.2) is 5.78 Å². The first-order chi connectivity index (χ1) is 14.9. The van der Waals surface area contributed by atoms with Crippen LogP contribution in [0, 0.1) is 0 Å². The van der Waals surface area contributed by atoms with Gasteiger partial charge >= 0.3 is 5.97 Å². The Morgan fingerprint density at radius 1 is 1.29 bits per heavy atom. The van der Waals surface area contributed by atoms with Crippen LogP contribution in [-0.2, 0) is 14.3 Å². The van der Waals surface area contributed by atoms with Gasteiger partial charge in [-0.1, -0.05) is 12.1 Å². The predicted octanol–water partition coefficient (Wildman–Crippen LogP) is 5.44. The van der Waals surface area contributed by atoms with Crippen molar-refractivity contribution in [2.45, 2.75) is 38.5 Å². The number of carbonyl (C=O) groups excluding carboxylic acids is 2. The molecule has 4 rings (SSSR count). The summed E-state index contributed by atoms with van der Waals surface area (Å²) < 4.78 is 11.5. The number of hydrogen-bond acceptors (Lipinski definition) is 6. The highest BCUT2D eigenvalue weighted by Crippen LogP contribution is 2.47. The number of dihydropyridines is 1. The summed E-state index contributed by atoms with van der Waals surface area (Å²) >= 11 is 5.22. The Labute approximate surface area is 194 Å². The third-order valence-electron chi connectivity index (χ3n) is 5.78. The topological polar surface area (TPSA) is 64.6 Å². The Morgan fingerprint density at radius 3 is 2.74 bits per heavy atom. The van der Waals surface area contributed by atoms with Gasteiger partial charge in [0, 0.05) is 40.1 Å². The van der Waals surface area contributed by atoms with E-state index in [0.717, 1.165) is 27.9 Å². The van der Waals surface area contributed by atoms with Gasteiger partial charge in [-0.15, -0.1) is 11.3 Å². The largest absolute Gasteiger partial charge is 0.496 e. The monoisotopic (exact) mass is 501 g/mol. The molecule has 1 aliphatic heterocycles. The van der Waals surface area contributed by atoms with E-state index in [-0.39, 0.29) is 18.3 Å². The molecule has 31 heavy (non-hydrogen) atoms. The number of carbonyl (C=O) groups is 2. The molecule has 0 fully saturated rings. The molecule has 0 unspecified atom stereocenters. The van der Waals surface area contributed by atoms with Crippen molar-refractivity contribution in [1.29, 1.82) is 0 Å². The summed E-state index contributed by atoms with van der Waals surface area (Å²) in [6.07, 6.45) is 1.17. The van der Waals surface area contributed by atoms with E-state index in [1.165, 1.54) is 4.88 Å². The molecule has 1 aromatic carbocycles. The van der Waals surface area contributed by atoms with Crippen molar-refractivity contribution >= 4 is 39.0 Å². The van der Waals surface area contributed by atoms with Gasteiger partial charge in [-0.05, 0) is 65.3 Å². The molecular formula is C24H24BrNO4S. The number of methoxy groups -OCH3 is 1. The molecule has 0 spiro atoms. The predicted molar refractivity (Wildman–Crippen MR) is 124 cm³/mol. The average Bonchev–Trinajstić information content (AvgIpc) is 3.27. The number of benzene rings is 1. The van der Waals surface area contributed by atoms with Crippen molar-refractivity contribution in [3.05, 3.63) is 73.2 Å². The molecule has 2 heterocycles. The molecule has 0 amide bonds. The van der Waals surface area contributed by atoms with Crippen LogP contribution in [0.15, 0.2) is 62.7 Å². The molecule has 7 heteroatoms. The fraction of sp³-hybridized carbons (Fsp3) is 0.333. The minimum absolute atomic E-state index is 0.0680. The molecule has 5 nitrogen and oxygen atoms in total. The summed E-state index contributed by atoms with van der Waals surface area (Å²) in [5.74, 6) is 0.0359. The Balaban J connectivity index is 1.83. The summed E-state index contributed by atoms with van der Waals surface area (Å²) in [4.78, 5) is 27.6. The lowest BCUT2D eigenvalue weighted by Gasteiger charge is -2.36. The second-order valence-electron chi connectivity index (χ2n) is 7.65. The van der Waals surface area contributed by atoms with Gasteiger partial charge < -0.3 is 14.8 Å². The highest BCUT2D eigenvalue weighted by molar-refractivity contribution is 9.10. The molecule has 162 valence electrons. The fourth-order valence-electron chi connectivity index (χ4n) is 4.44. The normalized spacial score (nSPS) is 21.0. The van der Waals surface area contributed by atoms with Crippen LogP contribution in [0.5, 0.6) is 5.75 Å². The molecule has 2 aliphatic rings. The number of halogens is 1. The molecule has 2 atom stereocenters. The second-order valence-corrected chi connectivity index (χ2v) is 9.48. The van der Waals surface area contributed by atoms with Crippen molar-refractivity contribution in [2.24, 2.45) is 0 Å². The van der Waals surface area contributed by atoms with Gasteiger partial charge in [0.1, 0.15) is 5.75 Å². The third-order valence-corrected chi connectivity index (χ3v) is 7.43. The minimum atomic E-state index is -0.478. The van der Waals surface area contributed by atoms with Crippen LogP contribution in [0.25, 0.3) is 0 Å². The maximum absolute atomic E-state index is 13.5. The van der Waals surface area contributed by atoms with Crippen LogP contribution in [0.3, 0.4) is 0 Å². The van der Waals surface area contributed by atoms with E-state index in [2.05, 4.69) is 27.3 Å². The number of ketones is 1. The molecule has 0 saturated heterocycles. The zero-order valence-electron chi connectivity index (χ0n) is 17.7. The van der Waals surface area contributed by atoms with E-state index in [9.17, 15) is 9.59 Å². The van der Waals surface area contributed by atoms with Gasteiger partial charge in [0.05, 0.1) is 23.8 Å². The van der Waals surface area contributed by atoms with Gasteiger partial charge in [0.25, 0.3) is 0 Å². The first-order valence-electron chi connectivity index (χ1n) is 10.2. The Kier molecular flexibility index (Phi) is 6.34. The summed E-state index contributed by atoms with van der Waals surface area (Å²) in [6.45, 7) is 3.93. The van der Waals surface area contributed by atoms with Crippen LogP contribution >= 0.6 is 27.3 Å². The number of esters is 1. The van der Waals surface area contributed by atoms with Crippen LogP contribution < -0.4 is 10.1 Å². The highest BCUT2D eigenvalue weighted by Gasteiger charge is 2.41. The summed E-state index contributed by atoms with van der Waals surface area (Å²) in [6, 6.07) is 9.79. The standard InChI is InChI=1S/C24H24BrNO4S/c1-4-30-24(28)21-13(2)26-17-11-15(20-6-5-9-31-20)12-18(27)23(17)22(21)14-7-8-19(29-3)16(25)10-14/h5-10,15,22,26H,4,11-12H2,1-3H3/t15-,22+/m0/s1. The van der Waals surface area contributed by atoms with Crippen molar-refractivity contribution < 1.29 is 19.1 Å². The number of Topliss-reactive ketones (excluding diaryl/α,β-unsaturated/α-hetero) is 1. The van der Waals surface area contributed by atoms with Crippen molar-refractivity contribution in [2.75, 3.05) is 13.7 Å². The van der Waals surface area contributed by atoms with Crippen molar-refractivity contribution in [1.82, 2.24) is 5.32 Å². The number of allylic oxidation sites excluding steroid dienone is 3. The first kappa shape index (κ1) is 21.8. The van der Waals surface area contributed by atoms with Gasteiger partial charge in [-0.25, -0.2) is 4.79 Å². The van der Waals surface area contributed by atoms with E-state index in [1.54, 1.807) is 25.4 Å². The lowest BCUT2D eigenvalue weighted by Crippen LogP contribution is -2.36. The lowest BCUT2D eigenvalue weighted by molar-refractivity contribution is -0.138. The molecule has 1 aromatic heterocycles. The van der Waals surface area contributed by atoms with Crippen LogP contribution in [0.4, 0.5) is 0 Å². The highest BCUT2D eigenvalue weighted by atomic mass is 79.9. The summed E-state index contributed by atoms with van der Waals surface area (Å²) in [7, 11) is 1.61. The zero-order chi connectivity index (χ0) is 22.1. The smallest absolute Gasteiger partial charge is 0.336 e. The Bertz CT molecular complexity index is 1090. The van der Waals surface area contributed by atoms with Gasteiger partial charge in [-0.3, -0.25) is 4.79 Å². The zero-order valence-corrected chi connectivity index (χ0v) is 20.1. The Morgan fingerprint density at radius 2 is 2.10 bits per heavy atom. The molecule has 0 radical (unpaired) electrons. The van der Waals surface area contributed by atoms with Crippen molar-refractivity contribution in [3.8, 4) is 5.75 Å². The molecule has 1 aliphatic carbocycles. The number of thiophene rings is 1. The van der Waals surface area contributed by atoms with Gasteiger partial charge in [0.2, 0.25) is 0 Å². The molecular weight excluding hydrogens is 478 g/mol. The van der Waals surface area contributed by atoms with E-state index >= 15 is 0 Å². The number of nitrogens with one attached hydrogen (secondary N) is 1. The SMILES string of the molecule is CCOC(=O)C1=C(C)NC2=C(C(=O)C[C@@H](c3cccs3)C2)[C@@H]1c1ccc(OC)c(Br)c1. The number of rotatable bonds is 5. The van der Waals surface area contributed by atoms with E-state index in [0.29, 0.717) is 23.3 Å². The molecule has 1 N–H and O–H groups in total. The van der Waals surface area contributed by atoms with Crippen LogP contribution in [-0.4, -0.2) is 25.5 Å². The van der Waals surface area contributed by atoms with Crippen LogP contribution in [0.2, 0.25) is 0 Å². The lowest BCUT2D eigenvalue weighted by atomic mass is 9.72. The first-order valence-corrected chi connectivity index (χ1v) is 11.9. The Hall–Kier alpha value is -2.38. The summed E-state index contributed by atoms with van der Waals surface area (Å²) in [5, 5.41) is 5.41. The van der Waals surface area contributed by atoms with Gasteiger partial charge in [-0.2, -0.15) is 0 Å². The fourth-order valence-corrected chi connectivity index (χ4v) is 5.83. The van der Waals surface area contributed by atoms with Crippen LogP contribution in [0.1, 0.15) is 49.0 Å². The number of hydrogen-bond donors (Lipinski definition) is 1. The number of ether oxygens (including phenoxy) is 2. The molecule has 0 saturated carbocycles. The maximum atomic E-state index is 13.5. The second kappa shape index (κ2) is 9.01. The van der Waals surface area contributed by atoms with E-state index in [1.807, 2.05) is 36.6 Å². The average molecular weight is 502 g/mol. The molecule has 2 aromatic rings. The van der Waals surface area contributed by atoms with E-state index in [4.69, 9.17) is 9.47 Å². The van der Waals surface area contributed by atoms with Crippen molar-refractivity contribution in [3.63, 3.8) is 0 Å². The van der Waals surface area contributed by atoms with E-state index < -0.39 is 11.9 Å². The summed E-state index contributed by atoms with van der Waals surface area (Å²) in [5.41, 5.74) is 3.64. The third kappa shape index (κ3) is 4.08.